The van der Waals surface area contributed by atoms with Gasteiger partial charge in [-0.05, 0) is 35.9 Å². The molecule has 0 spiro atoms. The zero-order chi connectivity index (χ0) is 24.5. The number of halogens is 3. The molecule has 1 fully saturated rings. The number of aromatic nitrogens is 3. The summed E-state index contributed by atoms with van der Waals surface area (Å²) in [4.78, 5) is 6.62. The minimum Gasteiger partial charge on any atom is -0.480 e. The Morgan fingerprint density at radius 3 is 2.57 bits per heavy atom. The number of benzene rings is 2. The molecule has 10 heteroatoms. The number of morpholine rings is 1. The first-order valence-corrected chi connectivity index (χ1v) is 11.7. The van der Waals surface area contributed by atoms with Crippen LogP contribution in [0.5, 0.6) is 5.88 Å². The molecule has 5 rings (SSSR count). The van der Waals surface area contributed by atoms with Crippen molar-refractivity contribution in [2.45, 2.75) is 6.10 Å². The lowest BCUT2D eigenvalue weighted by atomic mass is 9.96. The molecule has 0 bridgehead atoms. The van der Waals surface area contributed by atoms with Crippen LogP contribution in [0.1, 0.15) is 17.4 Å². The topological polar surface area (TPSA) is 80.6 Å². The van der Waals surface area contributed by atoms with Crippen molar-refractivity contribution in [2.75, 3.05) is 38.3 Å². The third-order valence-electron chi connectivity index (χ3n) is 6.00. The first kappa shape index (κ1) is 23.7. The van der Waals surface area contributed by atoms with E-state index in [0.717, 1.165) is 18.8 Å². The monoisotopic (exact) mass is 514 g/mol. The largest absolute Gasteiger partial charge is 0.480 e. The summed E-state index contributed by atoms with van der Waals surface area (Å²) < 4.78 is 25.6. The zero-order valence-corrected chi connectivity index (χ0v) is 20.2. The number of aliphatic hydroxyl groups excluding tert-OH is 1. The maximum atomic E-state index is 15.2. The molecule has 0 amide bonds. The molecule has 0 radical (unpaired) electrons. The predicted molar refractivity (Wildman–Crippen MR) is 133 cm³/mol. The number of pyridine rings is 1. The Bertz CT molecular complexity index is 1380. The van der Waals surface area contributed by atoms with Crippen molar-refractivity contribution in [3.8, 4) is 17.0 Å². The molecule has 4 aromatic rings. The van der Waals surface area contributed by atoms with E-state index >= 15 is 4.39 Å². The molecule has 1 atom stereocenters. The SMILES string of the molecule is COc1ccc([C@H](O)c2cc(-c3ccnc4c(Cl)c(N5CCOCC5)ccc34)c(F)cc2Cl)nn1. The first-order chi connectivity index (χ1) is 17.0. The molecule has 2 aromatic heterocycles. The fourth-order valence-corrected chi connectivity index (χ4v) is 4.77. The van der Waals surface area contributed by atoms with Crippen molar-refractivity contribution in [3.05, 3.63) is 75.8 Å². The van der Waals surface area contributed by atoms with Gasteiger partial charge in [-0.15, -0.1) is 10.2 Å². The molecular weight excluding hydrogens is 494 g/mol. The van der Waals surface area contributed by atoms with Gasteiger partial charge >= 0.3 is 0 Å². The van der Waals surface area contributed by atoms with Gasteiger partial charge in [-0.25, -0.2) is 4.39 Å². The van der Waals surface area contributed by atoms with Gasteiger partial charge in [0.15, 0.2) is 0 Å². The Morgan fingerprint density at radius 1 is 1.06 bits per heavy atom. The molecule has 0 unspecified atom stereocenters. The Hall–Kier alpha value is -3.04. The van der Waals surface area contributed by atoms with Gasteiger partial charge in [0.05, 0.1) is 42.2 Å². The van der Waals surface area contributed by atoms with Crippen LogP contribution in [0.15, 0.2) is 48.7 Å². The summed E-state index contributed by atoms with van der Waals surface area (Å²) in [6.07, 6.45) is 0.371. The van der Waals surface area contributed by atoms with Gasteiger partial charge in [-0.3, -0.25) is 4.98 Å². The van der Waals surface area contributed by atoms with Crippen molar-refractivity contribution in [2.24, 2.45) is 0 Å². The molecule has 3 heterocycles. The summed E-state index contributed by atoms with van der Waals surface area (Å²) in [6, 6.07) is 11.4. The molecule has 1 aliphatic heterocycles. The highest BCUT2D eigenvalue weighted by Gasteiger charge is 2.22. The lowest BCUT2D eigenvalue weighted by Crippen LogP contribution is -2.36. The quantitative estimate of drug-likeness (QED) is 0.398. The van der Waals surface area contributed by atoms with E-state index in [4.69, 9.17) is 32.7 Å². The second-order valence-electron chi connectivity index (χ2n) is 8.01. The second kappa shape index (κ2) is 9.91. The molecule has 0 aliphatic carbocycles. The number of hydrogen-bond acceptors (Lipinski definition) is 7. The van der Waals surface area contributed by atoms with E-state index in [2.05, 4.69) is 20.1 Å². The lowest BCUT2D eigenvalue weighted by Gasteiger charge is -2.29. The van der Waals surface area contributed by atoms with Gasteiger partial charge in [0, 0.05) is 46.9 Å². The van der Waals surface area contributed by atoms with E-state index in [0.29, 0.717) is 46.1 Å². The Kier molecular flexibility index (Phi) is 6.71. The highest BCUT2D eigenvalue weighted by Crippen LogP contribution is 2.40. The normalized spacial score (nSPS) is 14.8. The van der Waals surface area contributed by atoms with Gasteiger partial charge in [-0.2, -0.15) is 0 Å². The highest BCUT2D eigenvalue weighted by atomic mass is 35.5. The average molecular weight is 515 g/mol. The summed E-state index contributed by atoms with van der Waals surface area (Å²) >= 11 is 13.1. The molecule has 180 valence electrons. The van der Waals surface area contributed by atoms with Crippen LogP contribution >= 0.6 is 23.2 Å². The number of ether oxygens (including phenoxy) is 2. The van der Waals surface area contributed by atoms with Crippen molar-refractivity contribution in [1.82, 2.24) is 15.2 Å². The van der Waals surface area contributed by atoms with E-state index < -0.39 is 11.9 Å². The van der Waals surface area contributed by atoms with Crippen LogP contribution in [0, 0.1) is 5.82 Å². The third kappa shape index (κ3) is 4.50. The average Bonchev–Trinajstić information content (AvgIpc) is 2.89. The van der Waals surface area contributed by atoms with Crippen molar-refractivity contribution >= 4 is 39.8 Å². The van der Waals surface area contributed by atoms with Gasteiger partial charge in [0.2, 0.25) is 5.88 Å². The molecular formula is C25H21Cl2FN4O3. The maximum Gasteiger partial charge on any atom is 0.233 e. The van der Waals surface area contributed by atoms with Crippen molar-refractivity contribution in [1.29, 1.82) is 0 Å². The highest BCUT2D eigenvalue weighted by molar-refractivity contribution is 6.38. The third-order valence-corrected chi connectivity index (χ3v) is 6.70. The fraction of sp³-hybridized carbons (Fsp3) is 0.240. The Balaban J connectivity index is 1.59. The van der Waals surface area contributed by atoms with Crippen molar-refractivity contribution < 1.29 is 19.0 Å². The standard InChI is InChI=1S/C25H21Cl2FN4O3/c1-34-22-5-3-20(30-31-22)25(33)17-12-16(19(28)13-18(17)26)14-6-7-29-24-15(14)2-4-21(23(24)27)32-8-10-35-11-9-32/h2-7,12-13,25,33H,8-11H2,1H3/t25-/m1/s1. The van der Waals surface area contributed by atoms with Crippen LogP contribution in [0.2, 0.25) is 10.0 Å². The summed E-state index contributed by atoms with van der Waals surface area (Å²) in [5, 5.41) is 20.1. The Labute approximate surface area is 211 Å². The molecule has 35 heavy (non-hydrogen) atoms. The van der Waals surface area contributed by atoms with E-state index in [9.17, 15) is 5.11 Å². The Morgan fingerprint density at radius 2 is 1.86 bits per heavy atom. The van der Waals surface area contributed by atoms with E-state index in [-0.39, 0.29) is 16.3 Å². The zero-order valence-electron chi connectivity index (χ0n) is 18.7. The maximum absolute atomic E-state index is 15.2. The summed E-state index contributed by atoms with van der Waals surface area (Å²) in [5.74, 6) is -0.226. The number of hydrogen-bond donors (Lipinski definition) is 1. The van der Waals surface area contributed by atoms with Crippen LogP contribution in [0.25, 0.3) is 22.0 Å². The smallest absolute Gasteiger partial charge is 0.233 e. The van der Waals surface area contributed by atoms with Crippen LogP contribution in [0.3, 0.4) is 0 Å². The first-order valence-electron chi connectivity index (χ1n) is 10.9. The van der Waals surface area contributed by atoms with E-state index in [1.807, 2.05) is 12.1 Å². The van der Waals surface area contributed by atoms with Gasteiger partial charge in [0.25, 0.3) is 0 Å². The lowest BCUT2D eigenvalue weighted by molar-refractivity contribution is 0.122. The van der Waals surface area contributed by atoms with Crippen LogP contribution < -0.4 is 9.64 Å². The number of methoxy groups -OCH3 is 1. The van der Waals surface area contributed by atoms with Crippen LogP contribution in [-0.4, -0.2) is 53.7 Å². The number of rotatable bonds is 5. The molecule has 1 aliphatic rings. The molecule has 2 aromatic carbocycles. The number of fused-ring (bicyclic) bond motifs is 1. The van der Waals surface area contributed by atoms with Gasteiger partial charge < -0.3 is 19.5 Å². The molecule has 0 saturated carbocycles. The number of anilines is 1. The summed E-state index contributed by atoms with van der Waals surface area (Å²) in [6.45, 7) is 2.71. The molecule has 1 saturated heterocycles. The number of nitrogens with zero attached hydrogens (tertiary/aromatic N) is 4. The predicted octanol–water partition coefficient (Wildman–Crippen LogP) is 5.06. The van der Waals surface area contributed by atoms with Gasteiger partial charge in [-0.1, -0.05) is 29.3 Å². The van der Waals surface area contributed by atoms with Crippen LogP contribution in [0.4, 0.5) is 10.1 Å². The van der Waals surface area contributed by atoms with E-state index in [1.54, 1.807) is 24.4 Å². The van der Waals surface area contributed by atoms with Gasteiger partial charge in [0.1, 0.15) is 11.9 Å². The molecule has 1 N–H and O–H groups in total. The minimum atomic E-state index is -1.22. The minimum absolute atomic E-state index is 0.0716. The van der Waals surface area contributed by atoms with Crippen LogP contribution in [-0.2, 0) is 4.74 Å². The second-order valence-corrected chi connectivity index (χ2v) is 8.79. The van der Waals surface area contributed by atoms with Crippen molar-refractivity contribution in [3.63, 3.8) is 0 Å². The molecule has 7 nitrogen and oxygen atoms in total. The number of aliphatic hydroxyl groups is 1. The summed E-state index contributed by atoms with van der Waals surface area (Å²) in [5.41, 5.74) is 2.80. The fourth-order valence-electron chi connectivity index (χ4n) is 4.18. The van der Waals surface area contributed by atoms with E-state index in [1.165, 1.54) is 19.2 Å². The summed E-state index contributed by atoms with van der Waals surface area (Å²) in [7, 11) is 1.47.